The van der Waals surface area contributed by atoms with Crippen LogP contribution in [0.5, 0.6) is 0 Å². The SMILES string of the molecule is CCc1c(CNC(C)CO)cccc1Nc1c(C(N)=O)cnc2nc(-c3ccncc3)[nH]c12. The number of amides is 1. The molecule has 170 valence electrons. The van der Waals surface area contributed by atoms with Gasteiger partial charge in [-0.2, -0.15) is 0 Å². The predicted molar refractivity (Wildman–Crippen MR) is 128 cm³/mol. The monoisotopic (exact) mass is 445 g/mol. The zero-order valence-electron chi connectivity index (χ0n) is 18.6. The standard InChI is InChI=1S/C24H27N7O2/c1-3-17-16(11-27-14(2)13-32)5-4-6-19(17)29-20-18(22(25)33)12-28-24-21(20)30-23(31-24)15-7-9-26-10-8-15/h4-10,12,14,27,32H,3,11,13H2,1-2H3,(H2,25,33)(H2,28,29,30,31). The van der Waals surface area contributed by atoms with Gasteiger partial charge in [0.1, 0.15) is 11.3 Å². The van der Waals surface area contributed by atoms with Crippen LogP contribution in [0.15, 0.2) is 48.9 Å². The van der Waals surface area contributed by atoms with Crippen molar-refractivity contribution in [1.29, 1.82) is 0 Å². The number of aliphatic hydroxyl groups excluding tert-OH is 1. The summed E-state index contributed by atoms with van der Waals surface area (Å²) >= 11 is 0. The van der Waals surface area contributed by atoms with E-state index in [2.05, 4.69) is 43.6 Å². The number of carbonyl (C=O) groups excluding carboxylic acids is 1. The predicted octanol–water partition coefficient (Wildman–Crippen LogP) is 2.90. The topological polar surface area (TPSA) is 142 Å². The smallest absolute Gasteiger partial charge is 0.252 e. The van der Waals surface area contributed by atoms with Crippen molar-refractivity contribution in [3.8, 4) is 11.4 Å². The Balaban J connectivity index is 1.78. The van der Waals surface area contributed by atoms with Gasteiger partial charge in [0.2, 0.25) is 0 Å². The third-order valence-electron chi connectivity index (χ3n) is 5.54. The van der Waals surface area contributed by atoms with E-state index >= 15 is 0 Å². The molecule has 0 spiro atoms. The lowest BCUT2D eigenvalue weighted by molar-refractivity contribution is 0.100. The van der Waals surface area contributed by atoms with Crippen LogP contribution in [0, 0.1) is 0 Å². The summed E-state index contributed by atoms with van der Waals surface area (Å²) in [4.78, 5) is 28.5. The van der Waals surface area contributed by atoms with Crippen LogP contribution in [0.1, 0.15) is 35.3 Å². The van der Waals surface area contributed by atoms with Gasteiger partial charge < -0.3 is 26.5 Å². The Morgan fingerprint density at radius 3 is 2.73 bits per heavy atom. The van der Waals surface area contributed by atoms with E-state index < -0.39 is 5.91 Å². The molecule has 0 saturated carbocycles. The molecule has 1 atom stereocenters. The largest absolute Gasteiger partial charge is 0.395 e. The molecule has 9 heteroatoms. The molecule has 0 saturated heterocycles. The normalized spacial score (nSPS) is 12.1. The van der Waals surface area contributed by atoms with Crippen molar-refractivity contribution >= 4 is 28.4 Å². The molecule has 33 heavy (non-hydrogen) atoms. The number of aromatic amines is 1. The zero-order chi connectivity index (χ0) is 23.4. The second-order valence-electron chi connectivity index (χ2n) is 7.82. The number of aromatic nitrogens is 4. The second-order valence-corrected chi connectivity index (χ2v) is 7.82. The number of primary amides is 1. The number of pyridine rings is 2. The van der Waals surface area contributed by atoms with Gasteiger partial charge in [-0.25, -0.2) is 9.97 Å². The molecule has 0 bridgehead atoms. The van der Waals surface area contributed by atoms with Crippen LogP contribution in [0.3, 0.4) is 0 Å². The van der Waals surface area contributed by atoms with Crippen LogP contribution in [0.2, 0.25) is 0 Å². The number of rotatable bonds is 9. The highest BCUT2D eigenvalue weighted by molar-refractivity contribution is 6.06. The van der Waals surface area contributed by atoms with Crippen LogP contribution in [0.4, 0.5) is 11.4 Å². The molecular weight excluding hydrogens is 418 g/mol. The quantitative estimate of drug-likeness (QED) is 0.267. The molecule has 6 N–H and O–H groups in total. The van der Waals surface area contributed by atoms with Crippen molar-refractivity contribution in [2.45, 2.75) is 32.9 Å². The van der Waals surface area contributed by atoms with Crippen LogP contribution in [-0.4, -0.2) is 43.6 Å². The lowest BCUT2D eigenvalue weighted by Crippen LogP contribution is -2.29. The summed E-state index contributed by atoms with van der Waals surface area (Å²) in [6.07, 6.45) is 5.60. The molecular formula is C24H27N7O2. The minimum absolute atomic E-state index is 0.00999. The van der Waals surface area contributed by atoms with Crippen LogP contribution < -0.4 is 16.4 Å². The maximum atomic E-state index is 12.2. The minimum atomic E-state index is -0.584. The number of H-pyrrole nitrogens is 1. The molecule has 1 aromatic carbocycles. The van der Waals surface area contributed by atoms with E-state index in [0.717, 1.165) is 28.8 Å². The van der Waals surface area contributed by atoms with Gasteiger partial charge in [-0.15, -0.1) is 0 Å². The summed E-state index contributed by atoms with van der Waals surface area (Å²) < 4.78 is 0. The number of nitrogens with zero attached hydrogens (tertiary/aromatic N) is 3. The molecule has 1 unspecified atom stereocenters. The Morgan fingerprint density at radius 1 is 1.24 bits per heavy atom. The van der Waals surface area contributed by atoms with Crippen molar-refractivity contribution < 1.29 is 9.90 Å². The van der Waals surface area contributed by atoms with Crippen LogP contribution in [-0.2, 0) is 13.0 Å². The molecule has 4 aromatic rings. The lowest BCUT2D eigenvalue weighted by atomic mass is 10.0. The summed E-state index contributed by atoms with van der Waals surface area (Å²) in [5.74, 6) is 0.0378. The highest BCUT2D eigenvalue weighted by atomic mass is 16.3. The van der Waals surface area contributed by atoms with E-state index in [-0.39, 0.29) is 18.2 Å². The minimum Gasteiger partial charge on any atom is -0.395 e. The number of nitrogens with one attached hydrogen (secondary N) is 3. The fourth-order valence-electron chi connectivity index (χ4n) is 3.74. The Hall–Kier alpha value is -3.82. The van der Waals surface area contributed by atoms with Gasteiger partial charge in [0.05, 0.1) is 17.9 Å². The average Bonchev–Trinajstić information content (AvgIpc) is 3.28. The van der Waals surface area contributed by atoms with Gasteiger partial charge in [0, 0.05) is 42.4 Å². The molecule has 9 nitrogen and oxygen atoms in total. The van der Waals surface area contributed by atoms with Crippen molar-refractivity contribution in [2.24, 2.45) is 5.73 Å². The number of aliphatic hydroxyl groups is 1. The molecule has 1 amide bonds. The fourth-order valence-corrected chi connectivity index (χ4v) is 3.74. The van der Waals surface area contributed by atoms with E-state index in [9.17, 15) is 9.90 Å². The third-order valence-corrected chi connectivity index (χ3v) is 5.54. The van der Waals surface area contributed by atoms with Crippen molar-refractivity contribution in [2.75, 3.05) is 11.9 Å². The molecule has 0 fully saturated rings. The molecule has 0 radical (unpaired) electrons. The number of hydrogen-bond acceptors (Lipinski definition) is 7. The summed E-state index contributed by atoms with van der Waals surface area (Å²) in [5, 5.41) is 16.1. The molecule has 0 aliphatic heterocycles. The number of imidazole rings is 1. The molecule has 4 rings (SSSR count). The van der Waals surface area contributed by atoms with Crippen molar-refractivity contribution in [3.63, 3.8) is 0 Å². The number of hydrogen-bond donors (Lipinski definition) is 5. The Morgan fingerprint density at radius 2 is 2.03 bits per heavy atom. The van der Waals surface area contributed by atoms with Crippen LogP contribution >= 0.6 is 0 Å². The zero-order valence-corrected chi connectivity index (χ0v) is 18.6. The molecule has 0 aliphatic rings. The Bertz CT molecular complexity index is 1270. The maximum absolute atomic E-state index is 12.2. The summed E-state index contributed by atoms with van der Waals surface area (Å²) in [6.45, 7) is 4.69. The molecule has 3 heterocycles. The number of carbonyl (C=O) groups is 1. The molecule has 3 aromatic heterocycles. The first kappa shape index (κ1) is 22.4. The highest BCUT2D eigenvalue weighted by Gasteiger charge is 2.19. The first-order valence-electron chi connectivity index (χ1n) is 10.8. The first-order chi connectivity index (χ1) is 16.0. The third kappa shape index (κ3) is 4.69. The number of fused-ring (bicyclic) bond motifs is 1. The van der Waals surface area contributed by atoms with Crippen molar-refractivity contribution in [3.05, 3.63) is 65.6 Å². The first-order valence-corrected chi connectivity index (χ1v) is 10.8. The van der Waals surface area contributed by atoms with Gasteiger partial charge in [0.25, 0.3) is 5.91 Å². The fraction of sp³-hybridized carbons (Fsp3) is 0.250. The summed E-state index contributed by atoms with van der Waals surface area (Å²) in [5.41, 5.74) is 11.5. The second kappa shape index (κ2) is 9.76. The Kier molecular flexibility index (Phi) is 6.62. The van der Waals surface area contributed by atoms with Gasteiger partial charge >= 0.3 is 0 Å². The van der Waals surface area contributed by atoms with E-state index in [4.69, 9.17) is 5.73 Å². The van der Waals surface area contributed by atoms with Gasteiger partial charge in [0.15, 0.2) is 5.65 Å². The van der Waals surface area contributed by atoms with E-state index in [1.807, 2.05) is 31.2 Å². The lowest BCUT2D eigenvalue weighted by Gasteiger charge is -2.18. The number of benzene rings is 1. The number of anilines is 2. The van der Waals surface area contributed by atoms with Crippen molar-refractivity contribution in [1.82, 2.24) is 25.3 Å². The van der Waals surface area contributed by atoms with Gasteiger partial charge in [-0.1, -0.05) is 19.1 Å². The van der Waals surface area contributed by atoms with Gasteiger partial charge in [-0.05, 0) is 42.7 Å². The molecule has 0 aliphatic carbocycles. The van der Waals surface area contributed by atoms with E-state index in [1.54, 1.807) is 12.4 Å². The number of nitrogens with two attached hydrogens (primary N) is 1. The highest BCUT2D eigenvalue weighted by Crippen LogP contribution is 2.32. The van der Waals surface area contributed by atoms with Crippen LogP contribution in [0.25, 0.3) is 22.6 Å². The summed E-state index contributed by atoms with van der Waals surface area (Å²) in [6, 6.07) is 9.66. The van der Waals surface area contributed by atoms with E-state index in [0.29, 0.717) is 29.2 Å². The summed E-state index contributed by atoms with van der Waals surface area (Å²) in [7, 11) is 0. The average molecular weight is 446 g/mol. The Labute approximate surface area is 191 Å². The maximum Gasteiger partial charge on any atom is 0.252 e. The van der Waals surface area contributed by atoms with Gasteiger partial charge in [-0.3, -0.25) is 9.78 Å². The van der Waals surface area contributed by atoms with E-state index in [1.165, 1.54) is 6.20 Å².